The minimum Gasteiger partial charge on any atom is -0.392 e. The fraction of sp³-hybridized carbons (Fsp3) is 1.00. The highest BCUT2D eigenvalue weighted by Crippen LogP contribution is 2.41. The van der Waals surface area contributed by atoms with E-state index in [1.165, 1.54) is 0 Å². The van der Waals surface area contributed by atoms with Crippen LogP contribution in [-0.4, -0.2) is 50.8 Å². The minimum atomic E-state index is -3.63. The highest BCUT2D eigenvalue weighted by Gasteiger charge is 2.50. The first kappa shape index (κ1) is 14.2. The predicted molar refractivity (Wildman–Crippen MR) is 67.3 cm³/mol. The lowest BCUT2D eigenvalue weighted by molar-refractivity contribution is -0.0645. The summed E-state index contributed by atoms with van der Waals surface area (Å²) in [6.45, 7) is 3.58. The van der Waals surface area contributed by atoms with Crippen molar-refractivity contribution >= 4 is 19.9 Å². The Balaban J connectivity index is 2.06. The van der Waals surface area contributed by atoms with Gasteiger partial charge in [-0.1, -0.05) is 13.8 Å². The summed E-state index contributed by atoms with van der Waals surface area (Å²) in [5, 5.41) is 8.71. The Morgan fingerprint density at radius 2 is 1.94 bits per heavy atom. The molecule has 2 aliphatic rings. The molecule has 106 valence electrons. The first-order valence-electron chi connectivity index (χ1n) is 5.94. The second kappa shape index (κ2) is 4.16. The first-order chi connectivity index (χ1) is 8.05. The van der Waals surface area contributed by atoms with E-state index in [4.69, 9.17) is 0 Å². The normalized spacial score (nSPS) is 38.3. The van der Waals surface area contributed by atoms with Crippen molar-refractivity contribution in [3.63, 3.8) is 0 Å². The van der Waals surface area contributed by atoms with Gasteiger partial charge in [0.05, 0.1) is 22.9 Å². The number of sulfonamides is 1. The van der Waals surface area contributed by atoms with Gasteiger partial charge in [0.1, 0.15) is 0 Å². The number of rotatable bonds is 3. The lowest BCUT2D eigenvalue weighted by Crippen LogP contribution is -2.62. The van der Waals surface area contributed by atoms with Gasteiger partial charge < -0.3 is 5.11 Å². The fourth-order valence-corrected chi connectivity index (χ4v) is 6.85. The topological polar surface area (TPSA) is 101 Å². The molecule has 1 aliphatic carbocycles. The molecule has 3 unspecified atom stereocenters. The minimum absolute atomic E-state index is 0.0603. The van der Waals surface area contributed by atoms with Crippen LogP contribution in [0.5, 0.6) is 0 Å². The predicted octanol–water partition coefficient (Wildman–Crippen LogP) is -0.748. The second-order valence-corrected chi connectivity index (χ2v) is 10.0. The van der Waals surface area contributed by atoms with Crippen molar-refractivity contribution in [1.29, 1.82) is 0 Å². The number of sulfone groups is 1. The Hall–Kier alpha value is -0.180. The fourth-order valence-electron chi connectivity index (χ4n) is 2.40. The van der Waals surface area contributed by atoms with Gasteiger partial charge in [0.2, 0.25) is 10.0 Å². The van der Waals surface area contributed by atoms with Crippen LogP contribution < -0.4 is 4.72 Å². The molecule has 8 heteroatoms. The van der Waals surface area contributed by atoms with E-state index in [9.17, 15) is 21.9 Å². The van der Waals surface area contributed by atoms with Gasteiger partial charge in [-0.15, -0.1) is 0 Å². The molecule has 0 amide bonds. The second-order valence-electron chi connectivity index (χ2n) is 5.81. The van der Waals surface area contributed by atoms with Crippen molar-refractivity contribution in [2.45, 2.75) is 44.1 Å². The zero-order valence-corrected chi connectivity index (χ0v) is 12.1. The molecule has 2 N–H and O–H groups in total. The molecule has 2 rings (SSSR count). The van der Waals surface area contributed by atoms with E-state index in [0.29, 0.717) is 6.42 Å². The average molecular weight is 297 g/mol. The monoisotopic (exact) mass is 297 g/mol. The molecule has 1 saturated carbocycles. The number of nitrogens with one attached hydrogen (secondary N) is 1. The van der Waals surface area contributed by atoms with Gasteiger partial charge >= 0.3 is 0 Å². The van der Waals surface area contributed by atoms with Crippen LogP contribution in [0.3, 0.4) is 0 Å². The molecule has 1 aliphatic heterocycles. The molecule has 1 heterocycles. The van der Waals surface area contributed by atoms with Crippen LogP contribution in [0.1, 0.15) is 26.7 Å². The van der Waals surface area contributed by atoms with Crippen LogP contribution >= 0.6 is 0 Å². The summed E-state index contributed by atoms with van der Waals surface area (Å²) in [6.07, 6.45) is 0.0245. The summed E-state index contributed by atoms with van der Waals surface area (Å²) < 4.78 is 49.3. The summed E-state index contributed by atoms with van der Waals surface area (Å²) in [5.74, 6) is -0.354. The molecular weight excluding hydrogens is 278 g/mol. The van der Waals surface area contributed by atoms with Crippen molar-refractivity contribution in [2.75, 3.05) is 11.5 Å². The molecule has 0 bridgehead atoms. The summed E-state index contributed by atoms with van der Waals surface area (Å²) in [7, 11) is -6.84. The van der Waals surface area contributed by atoms with Gasteiger partial charge in [0, 0.05) is 11.5 Å². The third-order valence-corrected chi connectivity index (χ3v) is 8.02. The van der Waals surface area contributed by atoms with E-state index in [1.807, 2.05) is 0 Å². The maximum Gasteiger partial charge on any atom is 0.215 e. The molecule has 6 nitrogen and oxygen atoms in total. The molecule has 3 atom stereocenters. The number of aliphatic hydroxyl groups excluding tert-OH is 1. The van der Waals surface area contributed by atoms with Crippen LogP contribution in [0.15, 0.2) is 0 Å². The molecular formula is C10H19NO5S2. The Kier molecular flexibility index (Phi) is 3.29. The molecule has 1 saturated heterocycles. The summed E-state index contributed by atoms with van der Waals surface area (Å²) in [6, 6.07) is -0.319. The zero-order chi connectivity index (χ0) is 13.8. The van der Waals surface area contributed by atoms with E-state index in [-0.39, 0.29) is 24.0 Å². The van der Waals surface area contributed by atoms with E-state index in [1.54, 1.807) is 13.8 Å². The summed E-state index contributed by atoms with van der Waals surface area (Å²) >= 11 is 0. The highest BCUT2D eigenvalue weighted by atomic mass is 32.2. The molecule has 0 aromatic carbocycles. The maximum atomic E-state index is 12.1. The van der Waals surface area contributed by atoms with E-state index in [0.717, 1.165) is 0 Å². The van der Waals surface area contributed by atoms with Crippen molar-refractivity contribution in [1.82, 2.24) is 4.72 Å². The SMILES string of the molecule is CC1(C)C(O)CC1NS(=O)(=O)C1CCS(=O)(=O)C1. The van der Waals surface area contributed by atoms with Crippen molar-refractivity contribution < 1.29 is 21.9 Å². The lowest BCUT2D eigenvalue weighted by Gasteiger charge is -2.49. The van der Waals surface area contributed by atoms with Crippen molar-refractivity contribution in [2.24, 2.45) is 5.41 Å². The summed E-state index contributed by atoms with van der Waals surface area (Å²) in [4.78, 5) is 0. The van der Waals surface area contributed by atoms with Gasteiger partial charge in [-0.3, -0.25) is 0 Å². The highest BCUT2D eigenvalue weighted by molar-refractivity contribution is 7.95. The Morgan fingerprint density at radius 1 is 1.33 bits per heavy atom. The van der Waals surface area contributed by atoms with Crippen LogP contribution in [0.25, 0.3) is 0 Å². The van der Waals surface area contributed by atoms with Crippen LogP contribution in [0, 0.1) is 5.41 Å². The lowest BCUT2D eigenvalue weighted by atomic mass is 9.65. The maximum absolute atomic E-state index is 12.1. The quantitative estimate of drug-likeness (QED) is 0.714. The third kappa shape index (κ3) is 2.43. The van der Waals surface area contributed by atoms with Gasteiger partial charge in [0.25, 0.3) is 0 Å². The van der Waals surface area contributed by atoms with Gasteiger partial charge in [-0.2, -0.15) is 0 Å². The van der Waals surface area contributed by atoms with Crippen molar-refractivity contribution in [3.8, 4) is 0 Å². The molecule has 0 spiro atoms. The number of aliphatic hydroxyl groups is 1. The molecule has 18 heavy (non-hydrogen) atoms. The van der Waals surface area contributed by atoms with E-state index >= 15 is 0 Å². The van der Waals surface area contributed by atoms with E-state index < -0.39 is 36.6 Å². The third-order valence-electron chi connectivity index (χ3n) is 4.15. The van der Waals surface area contributed by atoms with E-state index in [2.05, 4.69) is 4.72 Å². The summed E-state index contributed by atoms with van der Waals surface area (Å²) in [5.41, 5.74) is -0.495. The smallest absolute Gasteiger partial charge is 0.215 e. The van der Waals surface area contributed by atoms with Crippen LogP contribution in [0.4, 0.5) is 0 Å². The zero-order valence-electron chi connectivity index (χ0n) is 10.5. The molecule has 0 radical (unpaired) electrons. The van der Waals surface area contributed by atoms with Crippen molar-refractivity contribution in [3.05, 3.63) is 0 Å². The molecule has 2 fully saturated rings. The molecule has 0 aromatic heterocycles. The number of hydrogen-bond acceptors (Lipinski definition) is 5. The first-order valence-corrected chi connectivity index (χ1v) is 9.31. The Morgan fingerprint density at radius 3 is 2.33 bits per heavy atom. The Labute approximate surface area is 108 Å². The van der Waals surface area contributed by atoms with Gasteiger partial charge in [0.15, 0.2) is 9.84 Å². The standard InChI is InChI=1S/C10H19NO5S2/c1-10(2)8(5-9(10)12)11-18(15,16)7-3-4-17(13,14)6-7/h7-9,11-12H,3-6H2,1-2H3. The van der Waals surface area contributed by atoms with Gasteiger partial charge in [-0.25, -0.2) is 21.6 Å². The van der Waals surface area contributed by atoms with Gasteiger partial charge in [-0.05, 0) is 12.8 Å². The Bertz CT molecular complexity index is 537. The number of hydrogen-bond donors (Lipinski definition) is 2. The largest absolute Gasteiger partial charge is 0.392 e. The molecule has 0 aromatic rings. The van der Waals surface area contributed by atoms with Crippen LogP contribution in [-0.2, 0) is 19.9 Å². The van der Waals surface area contributed by atoms with Crippen LogP contribution in [0.2, 0.25) is 0 Å². The average Bonchev–Trinajstić information content (AvgIpc) is 2.59.